The second-order valence-corrected chi connectivity index (χ2v) is 3.56. The van der Waals surface area contributed by atoms with Crippen LogP contribution >= 0.6 is 0 Å². The first kappa shape index (κ1) is 8.75. The third kappa shape index (κ3) is 1.48. The Hall–Kier alpha value is -0.830. The monoisotopic (exact) mass is 181 g/mol. The molecule has 1 heterocycles. The maximum absolute atomic E-state index is 9.00. The number of nitrogens with zero attached hydrogens (tertiary/aromatic N) is 1. The minimum absolute atomic E-state index is 0.0249. The summed E-state index contributed by atoms with van der Waals surface area (Å²) in [6, 6.07) is 0. The number of oxazole rings is 1. The molecule has 13 heavy (non-hydrogen) atoms. The fourth-order valence-corrected chi connectivity index (χ4v) is 1.63. The maximum atomic E-state index is 9.00. The van der Waals surface area contributed by atoms with Crippen molar-refractivity contribution in [2.24, 2.45) is 0 Å². The fraction of sp³-hybridized carbons (Fsp3) is 0.700. The number of aliphatic hydroxyl groups excluding tert-OH is 1. The van der Waals surface area contributed by atoms with Crippen molar-refractivity contribution in [2.45, 2.75) is 45.1 Å². The molecule has 3 heteroatoms. The second kappa shape index (κ2) is 3.50. The average Bonchev–Trinajstić information content (AvgIpc) is 2.44. The van der Waals surface area contributed by atoms with Crippen molar-refractivity contribution >= 4 is 0 Å². The third-order valence-electron chi connectivity index (χ3n) is 2.73. The summed E-state index contributed by atoms with van der Waals surface area (Å²) in [7, 11) is 0. The van der Waals surface area contributed by atoms with E-state index in [9.17, 15) is 0 Å². The number of hydrogen-bond acceptors (Lipinski definition) is 3. The minimum Gasteiger partial charge on any atom is -0.443 e. The molecule has 0 saturated heterocycles. The van der Waals surface area contributed by atoms with Crippen LogP contribution < -0.4 is 0 Å². The average molecular weight is 181 g/mol. The van der Waals surface area contributed by atoms with Gasteiger partial charge in [-0.2, -0.15) is 0 Å². The molecule has 0 radical (unpaired) electrons. The number of rotatable bonds is 3. The fourth-order valence-electron chi connectivity index (χ4n) is 1.63. The van der Waals surface area contributed by atoms with Gasteiger partial charge in [0.25, 0.3) is 0 Å². The van der Waals surface area contributed by atoms with Crippen molar-refractivity contribution in [3.63, 3.8) is 0 Å². The highest BCUT2D eigenvalue weighted by atomic mass is 16.4. The molecular formula is C10H15NO2. The van der Waals surface area contributed by atoms with Gasteiger partial charge in [0.15, 0.2) is 11.7 Å². The zero-order chi connectivity index (χ0) is 9.26. The molecule has 1 N–H and O–H groups in total. The van der Waals surface area contributed by atoms with Gasteiger partial charge in [-0.05, 0) is 19.3 Å². The van der Waals surface area contributed by atoms with E-state index < -0.39 is 0 Å². The molecule has 0 atom stereocenters. The van der Waals surface area contributed by atoms with Crippen molar-refractivity contribution < 1.29 is 9.52 Å². The highest BCUT2D eigenvalue weighted by molar-refractivity contribution is 5.12. The summed E-state index contributed by atoms with van der Waals surface area (Å²) in [6.45, 7) is 2.00. The van der Waals surface area contributed by atoms with Crippen LogP contribution in [0.3, 0.4) is 0 Å². The van der Waals surface area contributed by atoms with Gasteiger partial charge in [-0.1, -0.05) is 13.3 Å². The molecule has 3 nitrogen and oxygen atoms in total. The highest BCUT2D eigenvalue weighted by Crippen LogP contribution is 2.36. The number of hydrogen-bond donors (Lipinski definition) is 1. The van der Waals surface area contributed by atoms with E-state index in [0.29, 0.717) is 11.7 Å². The Morgan fingerprint density at radius 3 is 2.69 bits per heavy atom. The molecule has 72 valence electrons. The second-order valence-electron chi connectivity index (χ2n) is 3.56. The lowest BCUT2D eigenvalue weighted by Crippen LogP contribution is -2.08. The van der Waals surface area contributed by atoms with Gasteiger partial charge in [-0.15, -0.1) is 0 Å². The molecule has 1 fully saturated rings. The smallest absolute Gasteiger partial charge is 0.197 e. The molecule has 0 bridgehead atoms. The van der Waals surface area contributed by atoms with E-state index in [1.807, 2.05) is 6.92 Å². The maximum Gasteiger partial charge on any atom is 0.197 e. The standard InChI is InChI=1S/C10H15NO2/c1-2-8-9(6-12)13-10(11-8)7-4-3-5-7/h7,12H,2-6H2,1H3. The normalized spacial score (nSPS) is 17.4. The van der Waals surface area contributed by atoms with Crippen LogP contribution in [0.15, 0.2) is 4.42 Å². The summed E-state index contributed by atoms with van der Waals surface area (Å²) in [5, 5.41) is 9.00. The molecule has 1 saturated carbocycles. The lowest BCUT2D eigenvalue weighted by Gasteiger charge is -2.21. The first-order valence-electron chi connectivity index (χ1n) is 4.94. The Kier molecular flexibility index (Phi) is 2.36. The summed E-state index contributed by atoms with van der Waals surface area (Å²) < 4.78 is 5.50. The quantitative estimate of drug-likeness (QED) is 0.775. The van der Waals surface area contributed by atoms with E-state index in [1.54, 1.807) is 0 Å². The number of aryl methyl sites for hydroxylation is 1. The molecule has 0 aliphatic heterocycles. The number of aromatic nitrogens is 1. The van der Waals surface area contributed by atoms with Crippen molar-refractivity contribution in [3.05, 3.63) is 17.3 Å². The topological polar surface area (TPSA) is 46.3 Å². The largest absolute Gasteiger partial charge is 0.443 e. The molecule has 1 aliphatic rings. The van der Waals surface area contributed by atoms with Gasteiger partial charge in [0.05, 0.1) is 5.69 Å². The van der Waals surface area contributed by atoms with Crippen molar-refractivity contribution in [1.82, 2.24) is 4.98 Å². The van der Waals surface area contributed by atoms with Crippen LogP contribution in [0.2, 0.25) is 0 Å². The number of aliphatic hydroxyl groups is 1. The Balaban J connectivity index is 2.21. The first-order chi connectivity index (χ1) is 6.35. The molecule has 0 aromatic carbocycles. The van der Waals surface area contributed by atoms with Crippen LogP contribution in [-0.2, 0) is 13.0 Å². The van der Waals surface area contributed by atoms with Crippen LogP contribution in [0.5, 0.6) is 0 Å². The van der Waals surface area contributed by atoms with Crippen molar-refractivity contribution in [1.29, 1.82) is 0 Å². The van der Waals surface area contributed by atoms with E-state index >= 15 is 0 Å². The molecule has 1 aliphatic carbocycles. The van der Waals surface area contributed by atoms with Gasteiger partial charge in [0, 0.05) is 5.92 Å². The van der Waals surface area contributed by atoms with Crippen LogP contribution in [0.4, 0.5) is 0 Å². The van der Waals surface area contributed by atoms with Gasteiger partial charge in [0.1, 0.15) is 6.61 Å². The molecule has 1 aromatic heterocycles. The summed E-state index contributed by atoms with van der Waals surface area (Å²) >= 11 is 0. The van der Waals surface area contributed by atoms with Crippen LogP contribution in [0, 0.1) is 0 Å². The Labute approximate surface area is 77.8 Å². The molecular weight excluding hydrogens is 166 g/mol. The molecule has 0 amide bonds. The summed E-state index contributed by atoms with van der Waals surface area (Å²) in [5.74, 6) is 2.02. The van der Waals surface area contributed by atoms with Gasteiger partial charge >= 0.3 is 0 Å². The molecule has 0 unspecified atom stereocenters. The zero-order valence-electron chi connectivity index (χ0n) is 7.92. The van der Waals surface area contributed by atoms with Crippen LogP contribution in [-0.4, -0.2) is 10.1 Å². The Morgan fingerprint density at radius 1 is 1.54 bits per heavy atom. The predicted molar refractivity (Wildman–Crippen MR) is 48.4 cm³/mol. The van der Waals surface area contributed by atoms with E-state index in [1.165, 1.54) is 19.3 Å². The Bertz CT molecular complexity index is 268. The third-order valence-corrected chi connectivity index (χ3v) is 2.73. The Morgan fingerprint density at radius 2 is 2.31 bits per heavy atom. The van der Waals surface area contributed by atoms with E-state index in [2.05, 4.69) is 4.98 Å². The lowest BCUT2D eigenvalue weighted by atomic mass is 9.85. The van der Waals surface area contributed by atoms with Gasteiger partial charge in [-0.25, -0.2) is 4.98 Å². The lowest BCUT2D eigenvalue weighted by molar-refractivity contribution is 0.232. The van der Waals surface area contributed by atoms with Gasteiger partial charge in [-0.3, -0.25) is 0 Å². The van der Waals surface area contributed by atoms with Crippen LogP contribution in [0.1, 0.15) is 49.4 Å². The van der Waals surface area contributed by atoms with Gasteiger partial charge < -0.3 is 9.52 Å². The van der Waals surface area contributed by atoms with Crippen LogP contribution in [0.25, 0.3) is 0 Å². The zero-order valence-corrected chi connectivity index (χ0v) is 7.92. The molecule has 0 spiro atoms. The predicted octanol–water partition coefficient (Wildman–Crippen LogP) is 2.00. The highest BCUT2D eigenvalue weighted by Gasteiger charge is 2.25. The SMILES string of the molecule is CCc1nc(C2CCC2)oc1CO. The van der Waals surface area contributed by atoms with E-state index in [-0.39, 0.29) is 6.61 Å². The minimum atomic E-state index is -0.0249. The van der Waals surface area contributed by atoms with Gasteiger partial charge in [0.2, 0.25) is 0 Å². The summed E-state index contributed by atoms with van der Waals surface area (Å²) in [4.78, 5) is 4.39. The molecule has 2 rings (SSSR count). The van der Waals surface area contributed by atoms with E-state index in [0.717, 1.165) is 18.0 Å². The first-order valence-corrected chi connectivity index (χ1v) is 4.94. The van der Waals surface area contributed by atoms with Crippen molar-refractivity contribution in [3.8, 4) is 0 Å². The molecule has 1 aromatic rings. The van der Waals surface area contributed by atoms with E-state index in [4.69, 9.17) is 9.52 Å². The summed E-state index contributed by atoms with van der Waals surface area (Å²) in [6.07, 6.45) is 4.50. The summed E-state index contributed by atoms with van der Waals surface area (Å²) in [5.41, 5.74) is 0.921. The van der Waals surface area contributed by atoms with Crippen molar-refractivity contribution in [2.75, 3.05) is 0 Å².